The Morgan fingerprint density at radius 2 is 1.96 bits per heavy atom. The van der Waals surface area contributed by atoms with Crippen LogP contribution in [0.5, 0.6) is 5.75 Å². The van der Waals surface area contributed by atoms with E-state index in [9.17, 15) is 9.18 Å². The summed E-state index contributed by atoms with van der Waals surface area (Å²) in [6.45, 7) is 1.31. The van der Waals surface area contributed by atoms with Crippen LogP contribution in [0.2, 0.25) is 0 Å². The number of rotatable bonds is 8. The molecule has 3 rings (SSSR count). The van der Waals surface area contributed by atoms with Gasteiger partial charge >= 0.3 is 0 Å². The van der Waals surface area contributed by atoms with E-state index in [4.69, 9.17) is 15.9 Å². The standard InChI is InChI=1S/C19H22FN3O3/c1-2-3-8-19(22-23-19)9-12-21-17(24)18(10-13-25-14-11-18)26-16-6-4-15(20)5-7-16/h1,4-7H,3,8-14H2,(H,21,24). The van der Waals surface area contributed by atoms with Crippen LogP contribution in [0, 0.1) is 18.2 Å². The van der Waals surface area contributed by atoms with Crippen LogP contribution in [0.4, 0.5) is 4.39 Å². The zero-order valence-electron chi connectivity index (χ0n) is 14.5. The van der Waals surface area contributed by atoms with E-state index < -0.39 is 11.3 Å². The number of amides is 1. The van der Waals surface area contributed by atoms with Crippen LogP contribution >= 0.6 is 0 Å². The van der Waals surface area contributed by atoms with Gasteiger partial charge in [-0.15, -0.1) is 12.3 Å². The quantitative estimate of drug-likeness (QED) is 0.726. The lowest BCUT2D eigenvalue weighted by atomic mass is 9.92. The summed E-state index contributed by atoms with van der Waals surface area (Å²) < 4.78 is 24.5. The first-order valence-corrected chi connectivity index (χ1v) is 8.76. The van der Waals surface area contributed by atoms with Crippen LogP contribution in [0.15, 0.2) is 34.5 Å². The molecule has 6 nitrogen and oxygen atoms in total. The fourth-order valence-corrected chi connectivity index (χ4v) is 3.01. The molecule has 138 valence electrons. The zero-order valence-corrected chi connectivity index (χ0v) is 14.5. The molecule has 26 heavy (non-hydrogen) atoms. The van der Waals surface area contributed by atoms with Crippen LogP contribution in [0.3, 0.4) is 0 Å². The van der Waals surface area contributed by atoms with Crippen molar-refractivity contribution in [3.8, 4) is 18.1 Å². The van der Waals surface area contributed by atoms with Gasteiger partial charge in [-0.1, -0.05) is 0 Å². The summed E-state index contributed by atoms with van der Waals surface area (Å²) >= 11 is 0. The zero-order chi connectivity index (χ0) is 18.5. The van der Waals surface area contributed by atoms with Gasteiger partial charge in [-0.05, 0) is 24.3 Å². The lowest BCUT2D eigenvalue weighted by Gasteiger charge is -2.36. The van der Waals surface area contributed by atoms with Crippen molar-refractivity contribution in [1.29, 1.82) is 0 Å². The molecule has 0 aliphatic carbocycles. The normalized spacial score (nSPS) is 19.4. The van der Waals surface area contributed by atoms with E-state index in [-0.39, 0.29) is 11.7 Å². The molecule has 1 N–H and O–H groups in total. The summed E-state index contributed by atoms with van der Waals surface area (Å²) in [4.78, 5) is 12.9. The maximum Gasteiger partial charge on any atom is 0.264 e. The molecule has 0 radical (unpaired) electrons. The van der Waals surface area contributed by atoms with Gasteiger partial charge in [0.25, 0.3) is 5.91 Å². The Labute approximate surface area is 152 Å². The number of nitrogens with zero attached hydrogens (tertiary/aromatic N) is 2. The minimum atomic E-state index is -1.01. The van der Waals surface area contributed by atoms with Crippen LogP contribution in [-0.2, 0) is 9.53 Å². The molecule has 1 aromatic rings. The molecule has 2 heterocycles. The number of terminal acetylenes is 1. The molecule has 1 saturated heterocycles. The molecule has 1 aromatic carbocycles. The van der Waals surface area contributed by atoms with Crippen molar-refractivity contribution in [2.45, 2.75) is 43.4 Å². The number of ether oxygens (including phenoxy) is 2. The van der Waals surface area contributed by atoms with E-state index >= 15 is 0 Å². The molecule has 0 spiro atoms. The van der Waals surface area contributed by atoms with Crippen LogP contribution in [0.1, 0.15) is 32.1 Å². The molecule has 0 aromatic heterocycles. The van der Waals surface area contributed by atoms with Gasteiger partial charge in [-0.25, -0.2) is 4.39 Å². The molecule has 0 atom stereocenters. The average molecular weight is 359 g/mol. The smallest absolute Gasteiger partial charge is 0.264 e. The van der Waals surface area contributed by atoms with Crippen molar-refractivity contribution in [2.24, 2.45) is 10.2 Å². The highest BCUT2D eigenvalue weighted by atomic mass is 19.1. The monoisotopic (exact) mass is 359 g/mol. The summed E-state index contributed by atoms with van der Waals surface area (Å²) in [6, 6.07) is 5.67. The molecule has 0 bridgehead atoms. The lowest BCUT2D eigenvalue weighted by Crippen LogP contribution is -2.54. The van der Waals surface area contributed by atoms with E-state index in [0.717, 1.165) is 0 Å². The van der Waals surface area contributed by atoms with Gasteiger partial charge in [0.1, 0.15) is 11.6 Å². The number of hydrogen-bond acceptors (Lipinski definition) is 5. The van der Waals surface area contributed by atoms with Crippen LogP contribution in [-0.4, -0.2) is 36.9 Å². The van der Waals surface area contributed by atoms with Crippen molar-refractivity contribution in [3.63, 3.8) is 0 Å². The Bertz CT molecular complexity index is 700. The third-order valence-corrected chi connectivity index (χ3v) is 4.70. The molecule has 1 amide bonds. The van der Waals surface area contributed by atoms with Crippen LogP contribution in [0.25, 0.3) is 0 Å². The predicted molar refractivity (Wildman–Crippen MR) is 93.1 cm³/mol. The van der Waals surface area contributed by atoms with Gasteiger partial charge in [-0.2, -0.15) is 10.2 Å². The lowest BCUT2D eigenvalue weighted by molar-refractivity contribution is -0.145. The topological polar surface area (TPSA) is 72.3 Å². The minimum Gasteiger partial charge on any atom is -0.477 e. The maximum atomic E-state index is 13.1. The minimum absolute atomic E-state index is 0.196. The molecule has 2 aliphatic rings. The van der Waals surface area contributed by atoms with Crippen molar-refractivity contribution >= 4 is 5.91 Å². The second-order valence-electron chi connectivity index (χ2n) is 6.56. The van der Waals surface area contributed by atoms with Crippen molar-refractivity contribution in [3.05, 3.63) is 30.1 Å². The van der Waals surface area contributed by atoms with Crippen molar-refractivity contribution in [1.82, 2.24) is 5.32 Å². The Hall–Kier alpha value is -2.46. The third-order valence-electron chi connectivity index (χ3n) is 4.70. The SMILES string of the molecule is C#CCCC1(CCNC(=O)C2(Oc3ccc(F)cc3)CCOCC2)N=N1. The molecule has 2 aliphatic heterocycles. The molecule has 0 unspecified atom stereocenters. The Balaban J connectivity index is 1.59. The fraction of sp³-hybridized carbons (Fsp3) is 0.526. The second kappa shape index (κ2) is 7.83. The fourth-order valence-electron chi connectivity index (χ4n) is 3.01. The summed E-state index contributed by atoms with van der Waals surface area (Å²) in [7, 11) is 0. The number of carbonyl (C=O) groups is 1. The van der Waals surface area contributed by atoms with Gasteiger partial charge in [0.05, 0.1) is 13.2 Å². The van der Waals surface area contributed by atoms with E-state index in [1.807, 2.05) is 0 Å². The predicted octanol–water partition coefficient (Wildman–Crippen LogP) is 2.84. The number of carbonyl (C=O) groups excluding carboxylic acids is 1. The van der Waals surface area contributed by atoms with Crippen molar-refractivity contribution < 1.29 is 18.7 Å². The van der Waals surface area contributed by atoms with Gasteiger partial charge in [-0.3, -0.25) is 4.79 Å². The summed E-state index contributed by atoms with van der Waals surface area (Å²) in [5.74, 6) is 2.50. The average Bonchev–Trinajstić information content (AvgIpc) is 3.43. The Morgan fingerprint density at radius 3 is 2.58 bits per heavy atom. The van der Waals surface area contributed by atoms with E-state index in [0.29, 0.717) is 57.6 Å². The second-order valence-corrected chi connectivity index (χ2v) is 6.56. The highest BCUT2D eigenvalue weighted by Crippen LogP contribution is 2.36. The number of hydrogen-bond donors (Lipinski definition) is 1. The first-order valence-electron chi connectivity index (χ1n) is 8.76. The summed E-state index contributed by atoms with van der Waals surface area (Å²) in [5, 5.41) is 11.1. The van der Waals surface area contributed by atoms with E-state index in [1.54, 1.807) is 0 Å². The van der Waals surface area contributed by atoms with Gasteiger partial charge in [0, 0.05) is 38.6 Å². The van der Waals surface area contributed by atoms with Gasteiger partial charge < -0.3 is 14.8 Å². The van der Waals surface area contributed by atoms with Gasteiger partial charge in [0.15, 0.2) is 11.3 Å². The Kier molecular flexibility index (Phi) is 5.52. The first-order chi connectivity index (χ1) is 12.6. The molecule has 0 saturated carbocycles. The number of benzene rings is 1. The van der Waals surface area contributed by atoms with E-state index in [2.05, 4.69) is 21.5 Å². The number of halogens is 1. The highest BCUT2D eigenvalue weighted by molar-refractivity contribution is 5.85. The molecule has 7 heteroatoms. The van der Waals surface area contributed by atoms with Gasteiger partial charge in [0.2, 0.25) is 0 Å². The first kappa shape index (κ1) is 18.3. The summed E-state index contributed by atoms with van der Waals surface area (Å²) in [6.07, 6.45) is 8.08. The number of nitrogens with one attached hydrogen (secondary N) is 1. The third kappa shape index (κ3) is 4.38. The largest absolute Gasteiger partial charge is 0.477 e. The van der Waals surface area contributed by atoms with Crippen molar-refractivity contribution in [2.75, 3.05) is 19.8 Å². The summed E-state index contributed by atoms with van der Waals surface area (Å²) in [5.41, 5.74) is -1.44. The Morgan fingerprint density at radius 1 is 1.27 bits per heavy atom. The van der Waals surface area contributed by atoms with Crippen LogP contribution < -0.4 is 10.1 Å². The molecular weight excluding hydrogens is 337 g/mol. The van der Waals surface area contributed by atoms with E-state index in [1.165, 1.54) is 24.3 Å². The molecular formula is C19H22FN3O3. The highest BCUT2D eigenvalue weighted by Gasteiger charge is 2.44. The molecule has 1 fully saturated rings. The maximum absolute atomic E-state index is 13.1.